The molecule has 0 aromatic heterocycles. The number of unbranched alkanes of at least 4 members (excludes halogenated alkanes) is 2. The Hall–Kier alpha value is -2.38. The van der Waals surface area contributed by atoms with Gasteiger partial charge in [-0.25, -0.2) is 8.51 Å². The number of nitrogens with two attached hydrogens (primary N) is 1. The van der Waals surface area contributed by atoms with Crippen molar-refractivity contribution in [1.82, 2.24) is 4.31 Å². The molecule has 2 saturated heterocycles. The third-order valence-electron chi connectivity index (χ3n) is 7.60. The zero-order chi connectivity index (χ0) is 24.8. The van der Waals surface area contributed by atoms with Crippen LogP contribution in [0, 0.1) is 6.92 Å². The number of primary amides is 1. The highest BCUT2D eigenvalue weighted by Gasteiger charge is 2.48. The van der Waals surface area contributed by atoms with Gasteiger partial charge in [-0.3, -0.25) is 4.79 Å². The van der Waals surface area contributed by atoms with Crippen LogP contribution in [0.1, 0.15) is 50.2 Å². The van der Waals surface area contributed by atoms with Crippen LogP contribution in [0.3, 0.4) is 0 Å². The highest BCUT2D eigenvalue weighted by Crippen LogP contribution is 2.33. The van der Waals surface area contributed by atoms with Gasteiger partial charge in [0.15, 0.2) is 0 Å². The van der Waals surface area contributed by atoms with E-state index in [4.69, 9.17) is 5.73 Å². The van der Waals surface area contributed by atoms with E-state index in [9.17, 15) is 9.00 Å². The number of hydrogen-bond donors (Lipinski definition) is 1. The number of anilines is 2. The van der Waals surface area contributed by atoms with Crippen molar-refractivity contribution in [2.75, 3.05) is 49.1 Å². The van der Waals surface area contributed by atoms with Crippen molar-refractivity contribution in [3.05, 3.63) is 59.7 Å². The first-order valence-corrected chi connectivity index (χ1v) is 14.2. The molecular formula is C28H40N4O2S. The van der Waals surface area contributed by atoms with Crippen LogP contribution in [0.4, 0.5) is 11.4 Å². The van der Waals surface area contributed by atoms with Crippen molar-refractivity contribution in [3.63, 3.8) is 0 Å². The molecule has 1 amide bonds. The Balaban J connectivity index is 1.34. The number of piperazine rings is 1. The Labute approximate surface area is 213 Å². The van der Waals surface area contributed by atoms with E-state index in [2.05, 4.69) is 72.2 Å². The van der Waals surface area contributed by atoms with Gasteiger partial charge in [0.1, 0.15) is 15.7 Å². The molecule has 2 fully saturated rings. The minimum atomic E-state index is -1.43. The van der Waals surface area contributed by atoms with E-state index in [0.717, 1.165) is 25.2 Å². The zero-order valence-electron chi connectivity index (χ0n) is 21.2. The van der Waals surface area contributed by atoms with Gasteiger partial charge < -0.3 is 15.5 Å². The second-order valence-corrected chi connectivity index (χ2v) is 11.8. The molecule has 0 radical (unpaired) electrons. The summed E-state index contributed by atoms with van der Waals surface area (Å²) in [5.41, 5.74) is 10.9. The van der Waals surface area contributed by atoms with Crippen LogP contribution >= 0.6 is 0 Å². The van der Waals surface area contributed by atoms with Gasteiger partial charge >= 0.3 is 0 Å². The third-order valence-corrected chi connectivity index (χ3v) is 9.71. The molecule has 2 heterocycles. The fourth-order valence-corrected chi connectivity index (χ4v) is 6.89. The van der Waals surface area contributed by atoms with Gasteiger partial charge in [-0.1, -0.05) is 49.6 Å². The minimum Gasteiger partial charge on any atom is -0.371 e. The Morgan fingerprint density at radius 1 is 0.857 bits per heavy atom. The topological polar surface area (TPSA) is 69.9 Å². The largest absolute Gasteiger partial charge is 0.371 e. The molecule has 1 unspecified atom stereocenters. The summed E-state index contributed by atoms with van der Waals surface area (Å²) in [6, 6.07) is 17.3. The molecule has 0 spiro atoms. The lowest BCUT2D eigenvalue weighted by atomic mass is 9.94. The highest BCUT2D eigenvalue weighted by atomic mass is 32.2. The van der Waals surface area contributed by atoms with Crippen molar-refractivity contribution in [3.8, 4) is 0 Å². The van der Waals surface area contributed by atoms with E-state index < -0.39 is 21.6 Å². The maximum atomic E-state index is 13.7. The van der Waals surface area contributed by atoms with Gasteiger partial charge in [-0.15, -0.1) is 0 Å². The van der Waals surface area contributed by atoms with Crippen molar-refractivity contribution in [2.45, 2.75) is 57.1 Å². The maximum Gasteiger partial charge on any atom is 0.237 e. The summed E-state index contributed by atoms with van der Waals surface area (Å²) < 4.78 is 14.7. The van der Waals surface area contributed by atoms with Crippen molar-refractivity contribution >= 4 is 28.3 Å². The van der Waals surface area contributed by atoms with E-state index in [1.807, 2.05) is 4.31 Å². The van der Waals surface area contributed by atoms with Gasteiger partial charge in [0, 0.05) is 50.6 Å². The zero-order valence-corrected chi connectivity index (χ0v) is 22.1. The molecule has 1 atom stereocenters. The van der Waals surface area contributed by atoms with Crippen molar-refractivity contribution < 1.29 is 9.00 Å². The maximum absolute atomic E-state index is 13.7. The second kappa shape index (κ2) is 11.6. The molecule has 7 heteroatoms. The number of piperidine rings is 1. The molecule has 190 valence electrons. The molecule has 2 aromatic rings. The quantitative estimate of drug-likeness (QED) is 0.532. The van der Waals surface area contributed by atoms with Crippen LogP contribution < -0.4 is 15.5 Å². The first kappa shape index (κ1) is 25.7. The van der Waals surface area contributed by atoms with Crippen LogP contribution in [0.15, 0.2) is 48.5 Å². The SMILES string of the molecule is CCCCCc1ccc(N2CCN(S(=O)C3(C(N)=O)CCN(c4ccc(C)cc4)CC3)CC2)cc1. The Bertz CT molecular complexity index is 993. The third kappa shape index (κ3) is 5.89. The van der Waals surface area contributed by atoms with Gasteiger partial charge in [0.2, 0.25) is 5.91 Å². The predicted molar refractivity (Wildman–Crippen MR) is 146 cm³/mol. The van der Waals surface area contributed by atoms with Gasteiger partial charge in [0.05, 0.1) is 0 Å². The summed E-state index contributed by atoms with van der Waals surface area (Å²) in [5, 5.41) is 0. The summed E-state index contributed by atoms with van der Waals surface area (Å²) in [4.78, 5) is 17.2. The summed E-state index contributed by atoms with van der Waals surface area (Å²) in [6.45, 7) is 8.60. The summed E-state index contributed by atoms with van der Waals surface area (Å²) in [5.74, 6) is -0.430. The molecule has 6 nitrogen and oxygen atoms in total. The number of benzene rings is 2. The van der Waals surface area contributed by atoms with Gasteiger partial charge in [0.25, 0.3) is 0 Å². The Kier molecular flexibility index (Phi) is 8.50. The molecule has 2 aliphatic heterocycles. The monoisotopic (exact) mass is 496 g/mol. The van der Waals surface area contributed by atoms with E-state index in [0.29, 0.717) is 39.0 Å². The molecule has 35 heavy (non-hydrogen) atoms. The number of carbonyl (C=O) groups is 1. The Morgan fingerprint density at radius 3 is 1.94 bits per heavy atom. The number of rotatable bonds is 9. The molecule has 0 saturated carbocycles. The van der Waals surface area contributed by atoms with Crippen LogP contribution in [-0.2, 0) is 22.2 Å². The number of amides is 1. The van der Waals surface area contributed by atoms with Crippen molar-refractivity contribution in [1.29, 1.82) is 0 Å². The molecule has 0 bridgehead atoms. The summed E-state index contributed by atoms with van der Waals surface area (Å²) >= 11 is 0. The fraction of sp³-hybridized carbons (Fsp3) is 0.536. The van der Waals surface area contributed by atoms with E-state index >= 15 is 0 Å². The van der Waals surface area contributed by atoms with Gasteiger partial charge in [-0.05, 0) is 62.4 Å². The number of nitrogens with zero attached hydrogens (tertiary/aromatic N) is 3. The van der Waals surface area contributed by atoms with E-state index in [1.165, 1.54) is 36.1 Å². The smallest absolute Gasteiger partial charge is 0.237 e. The van der Waals surface area contributed by atoms with Gasteiger partial charge in [-0.2, -0.15) is 0 Å². The normalized spacial score (nSPS) is 19.5. The first-order chi connectivity index (χ1) is 16.9. The fourth-order valence-electron chi connectivity index (χ4n) is 5.20. The lowest BCUT2D eigenvalue weighted by Gasteiger charge is -2.44. The average Bonchev–Trinajstić information content (AvgIpc) is 2.89. The summed E-state index contributed by atoms with van der Waals surface area (Å²) in [6.07, 6.45) is 5.93. The van der Waals surface area contributed by atoms with Crippen LogP contribution in [0.5, 0.6) is 0 Å². The van der Waals surface area contributed by atoms with Crippen LogP contribution in [0.2, 0.25) is 0 Å². The standard InChI is InChI=1S/C28H40N4O2S/c1-3-4-5-6-24-9-13-26(14-10-24)31-19-21-32(22-20-31)35(34)28(27(29)33)15-17-30(18-16-28)25-11-7-23(2)8-12-25/h7-14H,3-6,15-22H2,1-2H3,(H2,29,33). The summed E-state index contributed by atoms with van der Waals surface area (Å²) in [7, 11) is -1.43. The lowest BCUT2D eigenvalue weighted by molar-refractivity contribution is -0.121. The van der Waals surface area contributed by atoms with Crippen LogP contribution in [0.25, 0.3) is 0 Å². The molecule has 2 aromatic carbocycles. The molecule has 2 aliphatic rings. The number of hydrogen-bond acceptors (Lipinski definition) is 4. The predicted octanol–water partition coefficient (Wildman–Crippen LogP) is 4.04. The van der Waals surface area contributed by atoms with Crippen molar-refractivity contribution in [2.24, 2.45) is 5.73 Å². The molecule has 4 rings (SSSR count). The molecule has 2 N–H and O–H groups in total. The highest BCUT2D eigenvalue weighted by molar-refractivity contribution is 7.85. The van der Waals surface area contributed by atoms with E-state index in [-0.39, 0.29) is 0 Å². The average molecular weight is 497 g/mol. The minimum absolute atomic E-state index is 0.430. The number of aryl methyl sites for hydroxylation is 2. The lowest BCUT2D eigenvalue weighted by Crippen LogP contribution is -2.60. The Morgan fingerprint density at radius 2 is 1.40 bits per heavy atom. The molecular weight excluding hydrogens is 456 g/mol. The van der Waals surface area contributed by atoms with E-state index in [1.54, 1.807) is 0 Å². The first-order valence-electron chi connectivity index (χ1n) is 13.1. The van der Waals surface area contributed by atoms with Crippen LogP contribution in [-0.4, -0.2) is 58.4 Å². The molecule has 0 aliphatic carbocycles. The second-order valence-electron chi connectivity index (χ2n) is 9.97. The number of carbonyl (C=O) groups excluding carboxylic acids is 1.